The summed E-state index contributed by atoms with van der Waals surface area (Å²) in [5, 5.41) is 5.29. The summed E-state index contributed by atoms with van der Waals surface area (Å²) in [6, 6.07) is 1.58. The zero-order valence-electron chi connectivity index (χ0n) is 6.96. The van der Waals surface area contributed by atoms with E-state index >= 15 is 0 Å². The molecule has 0 aliphatic carbocycles. The second kappa shape index (κ2) is 3.66. The van der Waals surface area contributed by atoms with Crippen molar-refractivity contribution in [1.29, 1.82) is 0 Å². The van der Waals surface area contributed by atoms with Crippen molar-refractivity contribution in [1.82, 2.24) is 15.3 Å². The maximum atomic E-state index is 11.1. The van der Waals surface area contributed by atoms with Crippen molar-refractivity contribution in [3.63, 3.8) is 0 Å². The molecule has 0 spiro atoms. The number of amides is 1. The highest BCUT2D eigenvalue weighted by Gasteiger charge is 2.04. The maximum Gasteiger partial charge on any atom is 0.269 e. The number of carbonyl (C=O) groups excluding carboxylic acids is 1. The molecule has 0 bridgehead atoms. The average molecular weight is 166 g/mol. The third kappa shape index (κ3) is 1.69. The number of nitrogens with one attached hydrogen (secondary N) is 2. The molecule has 0 aliphatic rings. The summed E-state index contributed by atoms with van der Waals surface area (Å²) in [5.74, 6) is 0.414. The molecular formula is C7H10N4O. The van der Waals surface area contributed by atoms with Crippen molar-refractivity contribution in [2.45, 2.75) is 0 Å². The Morgan fingerprint density at radius 2 is 2.17 bits per heavy atom. The van der Waals surface area contributed by atoms with E-state index in [9.17, 15) is 4.79 Å². The number of hydrogen-bond acceptors (Lipinski definition) is 4. The molecule has 0 aromatic carbocycles. The normalized spacial score (nSPS) is 9.17. The second-order valence-corrected chi connectivity index (χ2v) is 2.12. The van der Waals surface area contributed by atoms with Crippen LogP contribution in [-0.4, -0.2) is 30.0 Å². The lowest BCUT2D eigenvalue weighted by Gasteiger charge is -2.00. The fraction of sp³-hybridized carbons (Fsp3) is 0.286. The van der Waals surface area contributed by atoms with E-state index in [2.05, 4.69) is 20.6 Å². The summed E-state index contributed by atoms with van der Waals surface area (Å²) in [6.45, 7) is 0. The lowest BCUT2D eigenvalue weighted by Crippen LogP contribution is -2.19. The average Bonchev–Trinajstić information content (AvgIpc) is 2.17. The van der Waals surface area contributed by atoms with Gasteiger partial charge in [-0.1, -0.05) is 0 Å². The molecule has 0 saturated heterocycles. The first-order valence-electron chi connectivity index (χ1n) is 3.50. The predicted molar refractivity (Wildman–Crippen MR) is 45.0 cm³/mol. The fourth-order valence-electron chi connectivity index (χ4n) is 0.746. The molecule has 12 heavy (non-hydrogen) atoms. The van der Waals surface area contributed by atoms with Crippen molar-refractivity contribution < 1.29 is 4.79 Å². The lowest BCUT2D eigenvalue weighted by atomic mass is 10.3. The van der Waals surface area contributed by atoms with Gasteiger partial charge in [0.05, 0.1) is 0 Å². The van der Waals surface area contributed by atoms with E-state index in [0.717, 1.165) is 0 Å². The number of rotatable bonds is 2. The minimum atomic E-state index is -0.214. The van der Waals surface area contributed by atoms with Crippen LogP contribution in [0, 0.1) is 0 Å². The second-order valence-electron chi connectivity index (χ2n) is 2.12. The van der Waals surface area contributed by atoms with Gasteiger partial charge in [0.15, 0.2) is 0 Å². The van der Waals surface area contributed by atoms with Gasteiger partial charge in [0.1, 0.15) is 17.8 Å². The Hall–Kier alpha value is -1.65. The molecule has 1 aromatic rings. The summed E-state index contributed by atoms with van der Waals surface area (Å²) < 4.78 is 0. The topological polar surface area (TPSA) is 66.9 Å². The molecule has 5 heteroatoms. The van der Waals surface area contributed by atoms with Crippen LogP contribution in [0.15, 0.2) is 12.4 Å². The molecule has 0 aliphatic heterocycles. The highest BCUT2D eigenvalue weighted by molar-refractivity contribution is 5.92. The van der Waals surface area contributed by atoms with E-state index in [1.807, 2.05) is 0 Å². The van der Waals surface area contributed by atoms with Crippen molar-refractivity contribution in [2.24, 2.45) is 0 Å². The first-order chi connectivity index (χ1) is 5.77. The van der Waals surface area contributed by atoms with E-state index in [4.69, 9.17) is 0 Å². The van der Waals surface area contributed by atoms with Crippen LogP contribution in [0.25, 0.3) is 0 Å². The zero-order chi connectivity index (χ0) is 8.97. The third-order valence-corrected chi connectivity index (χ3v) is 1.38. The van der Waals surface area contributed by atoms with Crippen LogP contribution in [0.2, 0.25) is 0 Å². The number of nitrogens with zero attached hydrogens (tertiary/aromatic N) is 2. The molecule has 1 rings (SSSR count). The molecule has 0 radical (unpaired) electrons. The SMILES string of the molecule is CNC(=O)c1cc(NC)ncn1. The van der Waals surface area contributed by atoms with E-state index < -0.39 is 0 Å². The van der Waals surface area contributed by atoms with E-state index in [-0.39, 0.29) is 5.91 Å². The van der Waals surface area contributed by atoms with Gasteiger partial charge in [-0.3, -0.25) is 4.79 Å². The summed E-state index contributed by atoms with van der Waals surface area (Å²) in [7, 11) is 3.29. The number of aromatic nitrogens is 2. The van der Waals surface area contributed by atoms with Gasteiger partial charge in [-0.05, 0) is 0 Å². The van der Waals surface area contributed by atoms with Gasteiger partial charge in [-0.25, -0.2) is 9.97 Å². The van der Waals surface area contributed by atoms with Crippen LogP contribution in [-0.2, 0) is 0 Å². The monoisotopic (exact) mass is 166 g/mol. The van der Waals surface area contributed by atoms with Gasteiger partial charge in [0, 0.05) is 20.2 Å². The molecule has 2 N–H and O–H groups in total. The van der Waals surface area contributed by atoms with E-state index in [1.54, 1.807) is 20.2 Å². The minimum absolute atomic E-state index is 0.214. The Balaban J connectivity index is 2.93. The summed E-state index contributed by atoms with van der Waals surface area (Å²) in [6.07, 6.45) is 1.34. The fourth-order valence-corrected chi connectivity index (χ4v) is 0.746. The van der Waals surface area contributed by atoms with Crippen LogP contribution >= 0.6 is 0 Å². The van der Waals surface area contributed by atoms with Gasteiger partial charge < -0.3 is 10.6 Å². The lowest BCUT2D eigenvalue weighted by molar-refractivity contribution is 0.0958. The number of carbonyl (C=O) groups is 1. The summed E-state index contributed by atoms with van der Waals surface area (Å²) in [4.78, 5) is 18.7. The predicted octanol–water partition coefficient (Wildman–Crippen LogP) is -0.122. The first-order valence-corrected chi connectivity index (χ1v) is 3.50. The number of anilines is 1. The standard InChI is InChI=1S/C7H10N4O/c1-8-6-3-5(7(12)9-2)10-4-11-6/h3-4H,1-2H3,(H,9,12)(H,8,10,11). The maximum absolute atomic E-state index is 11.1. The first kappa shape index (κ1) is 8.45. The van der Waals surface area contributed by atoms with Gasteiger partial charge in [0.2, 0.25) is 0 Å². The highest BCUT2D eigenvalue weighted by Crippen LogP contribution is 2.01. The third-order valence-electron chi connectivity index (χ3n) is 1.38. The largest absolute Gasteiger partial charge is 0.373 e. The molecule has 1 amide bonds. The van der Waals surface area contributed by atoms with Crippen molar-refractivity contribution in [3.8, 4) is 0 Å². The Morgan fingerprint density at radius 3 is 2.75 bits per heavy atom. The molecule has 0 saturated carbocycles. The van der Waals surface area contributed by atoms with Gasteiger partial charge in [0.25, 0.3) is 5.91 Å². The van der Waals surface area contributed by atoms with Crippen LogP contribution in [0.3, 0.4) is 0 Å². The van der Waals surface area contributed by atoms with Crippen molar-refractivity contribution in [3.05, 3.63) is 18.1 Å². The molecule has 0 fully saturated rings. The smallest absolute Gasteiger partial charge is 0.269 e. The van der Waals surface area contributed by atoms with Crippen molar-refractivity contribution >= 4 is 11.7 Å². The van der Waals surface area contributed by atoms with Crippen LogP contribution in [0.1, 0.15) is 10.5 Å². The number of hydrogen-bond donors (Lipinski definition) is 2. The summed E-state index contributed by atoms with van der Waals surface area (Å²) >= 11 is 0. The van der Waals surface area contributed by atoms with Crippen LogP contribution in [0.5, 0.6) is 0 Å². The Labute approximate surface area is 70.2 Å². The Morgan fingerprint density at radius 1 is 1.42 bits per heavy atom. The molecule has 64 valence electrons. The summed E-state index contributed by atoms with van der Waals surface area (Å²) in [5.41, 5.74) is 0.358. The van der Waals surface area contributed by atoms with Gasteiger partial charge in [-0.2, -0.15) is 0 Å². The van der Waals surface area contributed by atoms with E-state index in [1.165, 1.54) is 6.33 Å². The zero-order valence-corrected chi connectivity index (χ0v) is 6.96. The highest BCUT2D eigenvalue weighted by atomic mass is 16.1. The quantitative estimate of drug-likeness (QED) is 0.642. The molecule has 1 heterocycles. The molecule has 1 aromatic heterocycles. The van der Waals surface area contributed by atoms with Gasteiger partial charge in [-0.15, -0.1) is 0 Å². The Kier molecular flexibility index (Phi) is 2.57. The molecule has 0 unspecified atom stereocenters. The molecule has 5 nitrogen and oxygen atoms in total. The Bertz CT molecular complexity index is 286. The van der Waals surface area contributed by atoms with Crippen molar-refractivity contribution in [2.75, 3.05) is 19.4 Å². The van der Waals surface area contributed by atoms with Gasteiger partial charge >= 0.3 is 0 Å². The molecule has 0 atom stereocenters. The van der Waals surface area contributed by atoms with E-state index in [0.29, 0.717) is 11.5 Å². The molecular weight excluding hydrogens is 156 g/mol. The van der Waals surface area contributed by atoms with Crippen LogP contribution < -0.4 is 10.6 Å². The minimum Gasteiger partial charge on any atom is -0.373 e. The van der Waals surface area contributed by atoms with Crippen LogP contribution in [0.4, 0.5) is 5.82 Å².